The van der Waals surface area contributed by atoms with Crippen molar-refractivity contribution in [1.82, 2.24) is 14.5 Å². The van der Waals surface area contributed by atoms with Crippen molar-refractivity contribution in [1.29, 1.82) is 0 Å². The van der Waals surface area contributed by atoms with Crippen molar-refractivity contribution in [3.8, 4) is 0 Å². The van der Waals surface area contributed by atoms with E-state index in [0.29, 0.717) is 25.7 Å². The van der Waals surface area contributed by atoms with E-state index in [0.717, 1.165) is 0 Å². The van der Waals surface area contributed by atoms with Gasteiger partial charge in [-0.25, -0.2) is 4.79 Å². The molecule has 1 N–H and O–H groups in total. The first-order chi connectivity index (χ1) is 8.72. The molecule has 0 amide bonds. The molecule has 1 aromatic rings. The summed E-state index contributed by atoms with van der Waals surface area (Å²) in [7, 11) is 0. The third-order valence-corrected chi connectivity index (χ3v) is 3.60. The van der Waals surface area contributed by atoms with Crippen LogP contribution in [-0.2, 0) is 13.1 Å². The van der Waals surface area contributed by atoms with Gasteiger partial charge in [0.1, 0.15) is 0 Å². The minimum atomic E-state index is -0.210. The summed E-state index contributed by atoms with van der Waals surface area (Å²) in [5.41, 5.74) is -0.420. The lowest BCUT2D eigenvalue weighted by atomic mass is 10.2. The first kappa shape index (κ1) is 13.1. The molecular weight excluding hydrogens is 230 g/mol. The molecular formula is C13H21N3O2. The van der Waals surface area contributed by atoms with Crippen LogP contribution in [0.3, 0.4) is 0 Å². The average Bonchev–Trinajstić information content (AvgIpc) is 2.86. The number of nitrogens with zero attached hydrogens (tertiary/aromatic N) is 2. The molecule has 1 heterocycles. The predicted octanol–water partition coefficient (Wildman–Crippen LogP) is 0.562. The zero-order valence-electron chi connectivity index (χ0n) is 10.9. The van der Waals surface area contributed by atoms with E-state index in [1.54, 1.807) is 10.8 Å². The standard InChI is InChI=1S/C13H21N3O2/c1-2-15-9-7-12(17)16(13(15)18)10-8-14-11-5-3-4-6-11/h7,9,11,14H,2-6,8,10H2,1H3. The summed E-state index contributed by atoms with van der Waals surface area (Å²) in [6.45, 7) is 3.63. The fourth-order valence-corrected chi connectivity index (χ4v) is 2.51. The predicted molar refractivity (Wildman–Crippen MR) is 70.9 cm³/mol. The zero-order chi connectivity index (χ0) is 13.0. The van der Waals surface area contributed by atoms with Crippen molar-refractivity contribution >= 4 is 0 Å². The zero-order valence-corrected chi connectivity index (χ0v) is 10.9. The molecule has 2 rings (SSSR count). The molecule has 100 valence electrons. The van der Waals surface area contributed by atoms with Crippen LogP contribution in [0.1, 0.15) is 32.6 Å². The SMILES string of the molecule is CCn1ccc(=O)n(CCNC2CCCC2)c1=O. The number of hydrogen-bond donors (Lipinski definition) is 1. The van der Waals surface area contributed by atoms with Crippen LogP contribution >= 0.6 is 0 Å². The lowest BCUT2D eigenvalue weighted by molar-refractivity contribution is 0.475. The Morgan fingerprint density at radius 2 is 2.06 bits per heavy atom. The van der Waals surface area contributed by atoms with Crippen LogP contribution in [0.15, 0.2) is 21.9 Å². The van der Waals surface area contributed by atoms with E-state index in [1.165, 1.54) is 36.3 Å². The molecule has 1 aromatic heterocycles. The molecule has 1 saturated carbocycles. The maximum absolute atomic E-state index is 11.9. The molecule has 0 radical (unpaired) electrons. The van der Waals surface area contributed by atoms with Gasteiger partial charge in [0.05, 0.1) is 0 Å². The van der Waals surface area contributed by atoms with Crippen LogP contribution < -0.4 is 16.6 Å². The van der Waals surface area contributed by atoms with Crippen molar-refractivity contribution in [2.45, 2.75) is 51.7 Å². The van der Waals surface area contributed by atoms with E-state index in [1.807, 2.05) is 6.92 Å². The molecule has 1 aliphatic rings. The van der Waals surface area contributed by atoms with Crippen molar-refractivity contribution < 1.29 is 0 Å². The van der Waals surface area contributed by atoms with E-state index >= 15 is 0 Å². The summed E-state index contributed by atoms with van der Waals surface area (Å²) < 4.78 is 2.86. The quantitative estimate of drug-likeness (QED) is 0.832. The lowest BCUT2D eigenvalue weighted by Crippen LogP contribution is -2.42. The Kier molecular flexibility index (Phi) is 4.36. The van der Waals surface area contributed by atoms with Gasteiger partial charge in [0.2, 0.25) is 0 Å². The van der Waals surface area contributed by atoms with E-state index in [4.69, 9.17) is 0 Å². The first-order valence-electron chi connectivity index (χ1n) is 6.76. The number of aromatic nitrogens is 2. The minimum Gasteiger partial charge on any atom is -0.312 e. The summed E-state index contributed by atoms with van der Waals surface area (Å²) in [4.78, 5) is 23.6. The smallest absolute Gasteiger partial charge is 0.312 e. The number of hydrogen-bond acceptors (Lipinski definition) is 3. The first-order valence-corrected chi connectivity index (χ1v) is 6.76. The van der Waals surface area contributed by atoms with Crippen LogP contribution in [-0.4, -0.2) is 21.7 Å². The van der Waals surface area contributed by atoms with Gasteiger partial charge in [-0.3, -0.25) is 9.36 Å². The molecule has 0 atom stereocenters. The van der Waals surface area contributed by atoms with Gasteiger partial charge in [0, 0.05) is 37.9 Å². The van der Waals surface area contributed by atoms with Gasteiger partial charge in [-0.2, -0.15) is 0 Å². The fourth-order valence-electron chi connectivity index (χ4n) is 2.51. The average molecular weight is 251 g/mol. The number of nitrogens with one attached hydrogen (secondary N) is 1. The van der Waals surface area contributed by atoms with Gasteiger partial charge in [-0.15, -0.1) is 0 Å². The molecule has 1 fully saturated rings. The molecule has 18 heavy (non-hydrogen) atoms. The maximum Gasteiger partial charge on any atom is 0.330 e. The summed E-state index contributed by atoms with van der Waals surface area (Å²) in [5, 5.41) is 3.41. The summed E-state index contributed by atoms with van der Waals surface area (Å²) >= 11 is 0. The Morgan fingerprint density at radius 3 is 2.72 bits per heavy atom. The van der Waals surface area contributed by atoms with Crippen LogP contribution in [0.2, 0.25) is 0 Å². The topological polar surface area (TPSA) is 56.0 Å². The second kappa shape index (κ2) is 6.00. The van der Waals surface area contributed by atoms with E-state index in [-0.39, 0.29) is 11.2 Å². The molecule has 0 bridgehead atoms. The van der Waals surface area contributed by atoms with E-state index in [9.17, 15) is 9.59 Å². The molecule has 0 aliphatic heterocycles. The van der Waals surface area contributed by atoms with Crippen molar-refractivity contribution in [2.24, 2.45) is 0 Å². The van der Waals surface area contributed by atoms with Gasteiger partial charge in [0.15, 0.2) is 0 Å². The van der Waals surface area contributed by atoms with Crippen LogP contribution in [0.4, 0.5) is 0 Å². The molecule has 0 saturated heterocycles. The molecule has 0 unspecified atom stereocenters. The second-order valence-corrected chi connectivity index (χ2v) is 4.81. The van der Waals surface area contributed by atoms with E-state index in [2.05, 4.69) is 5.32 Å². The van der Waals surface area contributed by atoms with Crippen LogP contribution in [0, 0.1) is 0 Å². The van der Waals surface area contributed by atoms with Crippen molar-refractivity contribution in [2.75, 3.05) is 6.54 Å². The third-order valence-electron chi connectivity index (χ3n) is 3.60. The van der Waals surface area contributed by atoms with Gasteiger partial charge in [0.25, 0.3) is 5.56 Å². The highest BCUT2D eigenvalue weighted by atomic mass is 16.2. The monoisotopic (exact) mass is 251 g/mol. The Labute approximate surface area is 106 Å². The van der Waals surface area contributed by atoms with Gasteiger partial charge in [-0.1, -0.05) is 12.8 Å². The highest BCUT2D eigenvalue weighted by molar-refractivity contribution is 4.86. The Bertz CT molecular complexity index is 498. The molecule has 5 heteroatoms. The minimum absolute atomic E-state index is 0.210. The van der Waals surface area contributed by atoms with Crippen LogP contribution in [0.5, 0.6) is 0 Å². The number of aryl methyl sites for hydroxylation is 1. The largest absolute Gasteiger partial charge is 0.330 e. The summed E-state index contributed by atoms with van der Waals surface area (Å²) in [6.07, 6.45) is 6.55. The molecule has 5 nitrogen and oxygen atoms in total. The Hall–Kier alpha value is -1.36. The Morgan fingerprint density at radius 1 is 1.33 bits per heavy atom. The number of rotatable bonds is 5. The van der Waals surface area contributed by atoms with E-state index < -0.39 is 0 Å². The Balaban J connectivity index is 2.00. The van der Waals surface area contributed by atoms with Gasteiger partial charge in [-0.05, 0) is 19.8 Å². The maximum atomic E-state index is 11.9. The highest BCUT2D eigenvalue weighted by Crippen LogP contribution is 2.17. The summed E-state index contributed by atoms with van der Waals surface area (Å²) in [5.74, 6) is 0. The van der Waals surface area contributed by atoms with Crippen molar-refractivity contribution in [3.05, 3.63) is 33.1 Å². The molecule has 0 aromatic carbocycles. The lowest BCUT2D eigenvalue weighted by Gasteiger charge is -2.13. The van der Waals surface area contributed by atoms with Crippen LogP contribution in [0.25, 0.3) is 0 Å². The fraction of sp³-hybridized carbons (Fsp3) is 0.692. The third kappa shape index (κ3) is 2.90. The van der Waals surface area contributed by atoms with Crippen molar-refractivity contribution in [3.63, 3.8) is 0 Å². The molecule has 0 spiro atoms. The normalized spacial score (nSPS) is 16.3. The van der Waals surface area contributed by atoms with Gasteiger partial charge < -0.3 is 9.88 Å². The summed E-state index contributed by atoms with van der Waals surface area (Å²) in [6, 6.07) is 2.03. The van der Waals surface area contributed by atoms with Gasteiger partial charge >= 0.3 is 5.69 Å². The second-order valence-electron chi connectivity index (χ2n) is 4.81. The molecule has 1 aliphatic carbocycles. The highest BCUT2D eigenvalue weighted by Gasteiger charge is 2.13.